The summed E-state index contributed by atoms with van der Waals surface area (Å²) in [5.74, 6) is 0.513. The van der Waals surface area contributed by atoms with E-state index in [0.29, 0.717) is 5.96 Å². The maximum absolute atomic E-state index is 12.2. The van der Waals surface area contributed by atoms with Crippen molar-refractivity contribution in [3.05, 3.63) is 29.5 Å². The van der Waals surface area contributed by atoms with E-state index in [4.69, 9.17) is 0 Å². The molecule has 1 aromatic heterocycles. The molecule has 0 saturated heterocycles. The molecule has 2 aromatic rings. The van der Waals surface area contributed by atoms with Crippen molar-refractivity contribution in [3.63, 3.8) is 0 Å². The van der Waals surface area contributed by atoms with Crippen LogP contribution in [0.4, 0.5) is 17.3 Å². The lowest BCUT2D eigenvalue weighted by atomic mass is 10.3. The predicted molar refractivity (Wildman–Crippen MR) is 75.7 cm³/mol. The third kappa shape index (κ3) is 5.08. The normalized spacial score (nSPS) is 11.9. The zero-order valence-corrected chi connectivity index (χ0v) is 12.5. The molecule has 0 radical (unpaired) electrons. The Morgan fingerprint density at radius 2 is 1.68 bits per heavy atom. The molecule has 22 heavy (non-hydrogen) atoms. The highest BCUT2D eigenvalue weighted by Crippen LogP contribution is 2.12. The van der Waals surface area contributed by atoms with Crippen LogP contribution in [0.3, 0.4) is 0 Å². The second-order valence-electron chi connectivity index (χ2n) is 5.03. The fraction of sp³-hybridized carbons (Fsp3) is 0.364. The van der Waals surface area contributed by atoms with E-state index in [1.807, 2.05) is 38.4 Å². The maximum Gasteiger partial charge on any atom is 0.673 e. The van der Waals surface area contributed by atoms with E-state index in [1.165, 1.54) is 0 Å². The van der Waals surface area contributed by atoms with Gasteiger partial charge in [0, 0.05) is 5.21 Å². The van der Waals surface area contributed by atoms with Gasteiger partial charge in [0.05, 0.1) is 28.2 Å². The standard InChI is InChI=1S/C11H16N5O.BF4/c1-14(2)11(16(3,4)17)15-10-8-6-5-7-9(10)12-13-15;2-1(3,4)5/h5-8H,1-4H3;/q+1;-1. The van der Waals surface area contributed by atoms with Crippen LogP contribution in [-0.2, 0) is 0 Å². The highest BCUT2D eigenvalue weighted by Gasteiger charge is 2.30. The predicted octanol–water partition coefficient (Wildman–Crippen LogP) is 1.78. The third-order valence-electron chi connectivity index (χ3n) is 2.42. The molecular weight excluding hydrogens is 305 g/mol. The zero-order valence-electron chi connectivity index (χ0n) is 12.5. The molecule has 0 unspecified atom stereocenters. The molecule has 0 saturated carbocycles. The lowest BCUT2D eigenvalue weighted by molar-refractivity contribution is -0.777. The summed E-state index contributed by atoms with van der Waals surface area (Å²) >= 11 is 0. The number of aromatic nitrogens is 3. The Hall–Kier alpha value is -2.01. The van der Waals surface area contributed by atoms with Gasteiger partial charge in [-0.3, -0.25) is 4.65 Å². The number of hydroxylamine groups is 3. The van der Waals surface area contributed by atoms with E-state index in [-0.39, 0.29) is 0 Å². The minimum absolute atomic E-state index is 0.513. The topological polar surface area (TPSA) is 56.8 Å². The average molecular weight is 321 g/mol. The summed E-state index contributed by atoms with van der Waals surface area (Å²) in [6, 6.07) is 7.57. The highest BCUT2D eigenvalue weighted by molar-refractivity contribution is 6.50. The summed E-state index contributed by atoms with van der Waals surface area (Å²) in [6.07, 6.45) is 0. The molecule has 2 rings (SSSR count). The Labute approximate surface area is 124 Å². The molecule has 0 fully saturated rings. The van der Waals surface area contributed by atoms with Crippen LogP contribution in [0.15, 0.2) is 24.3 Å². The van der Waals surface area contributed by atoms with Crippen LogP contribution < -0.4 is 0 Å². The smallest absolute Gasteiger partial charge is 0.622 e. The lowest BCUT2D eigenvalue weighted by Gasteiger charge is -2.28. The van der Waals surface area contributed by atoms with Gasteiger partial charge in [0.1, 0.15) is 5.52 Å². The van der Waals surface area contributed by atoms with E-state index >= 15 is 0 Å². The molecule has 0 atom stereocenters. The summed E-state index contributed by atoms with van der Waals surface area (Å²) < 4.78 is 41.8. The van der Waals surface area contributed by atoms with Crippen molar-refractivity contribution >= 4 is 24.2 Å². The SMILES string of the molecule is C[N+](C)=C(n1nnc2ccccc21)[N+](C)(C)[O-].F[B-](F)(F)F. The second kappa shape index (κ2) is 6.40. The molecule has 0 aliphatic rings. The largest absolute Gasteiger partial charge is 0.673 e. The minimum atomic E-state index is -6.00. The van der Waals surface area contributed by atoms with E-state index in [1.54, 1.807) is 23.4 Å². The number of para-hydroxylation sites is 1. The van der Waals surface area contributed by atoms with Crippen molar-refractivity contribution in [2.24, 2.45) is 0 Å². The van der Waals surface area contributed by atoms with Crippen molar-refractivity contribution in [2.75, 3.05) is 28.2 Å². The van der Waals surface area contributed by atoms with Gasteiger partial charge in [-0.05, 0) is 16.8 Å². The molecular formula is C11H16BF4N5O. The Morgan fingerprint density at radius 1 is 1.18 bits per heavy atom. The number of benzene rings is 1. The van der Waals surface area contributed by atoms with E-state index in [0.717, 1.165) is 11.0 Å². The number of nitrogens with zero attached hydrogens (tertiary/aromatic N) is 5. The number of quaternary nitrogens is 1. The van der Waals surface area contributed by atoms with Crippen LogP contribution in [0, 0.1) is 5.21 Å². The van der Waals surface area contributed by atoms with Crippen LogP contribution in [0.1, 0.15) is 0 Å². The Balaban J connectivity index is 0.000000422. The minimum Gasteiger partial charge on any atom is -0.622 e. The molecule has 1 heterocycles. The van der Waals surface area contributed by atoms with Gasteiger partial charge in [0.25, 0.3) is 0 Å². The first-order valence-electron chi connectivity index (χ1n) is 6.19. The number of hydrogen-bond acceptors (Lipinski definition) is 3. The van der Waals surface area contributed by atoms with Gasteiger partial charge in [-0.2, -0.15) is 0 Å². The molecule has 0 aliphatic carbocycles. The van der Waals surface area contributed by atoms with Gasteiger partial charge in [0.2, 0.25) is 0 Å². The molecule has 11 heteroatoms. The third-order valence-corrected chi connectivity index (χ3v) is 2.42. The number of halogens is 4. The summed E-state index contributed by atoms with van der Waals surface area (Å²) in [5, 5.41) is 20.3. The van der Waals surface area contributed by atoms with Gasteiger partial charge in [-0.15, -0.1) is 5.10 Å². The van der Waals surface area contributed by atoms with E-state index < -0.39 is 11.9 Å². The first-order chi connectivity index (χ1) is 9.91. The van der Waals surface area contributed by atoms with Crippen LogP contribution >= 0.6 is 0 Å². The fourth-order valence-electron chi connectivity index (χ4n) is 1.92. The van der Waals surface area contributed by atoms with Crippen LogP contribution in [0.5, 0.6) is 0 Å². The quantitative estimate of drug-likeness (QED) is 0.141. The number of hydrogen-bond donors (Lipinski definition) is 0. The average Bonchev–Trinajstić information content (AvgIpc) is 2.69. The zero-order chi connectivity index (χ0) is 17.1. The van der Waals surface area contributed by atoms with E-state index in [2.05, 4.69) is 10.3 Å². The molecule has 6 nitrogen and oxygen atoms in total. The summed E-state index contributed by atoms with van der Waals surface area (Å²) in [4.78, 5) is 0. The van der Waals surface area contributed by atoms with Crippen LogP contribution in [0.2, 0.25) is 0 Å². The summed E-state index contributed by atoms with van der Waals surface area (Å²) in [5.41, 5.74) is 1.61. The number of rotatable bonds is 0. The molecule has 0 spiro atoms. The van der Waals surface area contributed by atoms with Crippen molar-refractivity contribution in [1.82, 2.24) is 15.0 Å². The first kappa shape index (κ1) is 18.0. The molecule has 0 amide bonds. The first-order valence-corrected chi connectivity index (χ1v) is 6.19. The monoisotopic (exact) mass is 321 g/mol. The van der Waals surface area contributed by atoms with Gasteiger partial charge >= 0.3 is 13.2 Å². The highest BCUT2D eigenvalue weighted by atomic mass is 19.5. The lowest BCUT2D eigenvalue weighted by Crippen LogP contribution is -2.48. The van der Waals surface area contributed by atoms with Gasteiger partial charge in [-0.1, -0.05) is 12.1 Å². The van der Waals surface area contributed by atoms with Crippen molar-refractivity contribution in [1.29, 1.82) is 0 Å². The van der Waals surface area contributed by atoms with Crippen LogP contribution in [-0.4, -0.2) is 65.6 Å². The molecule has 122 valence electrons. The summed E-state index contributed by atoms with van der Waals surface area (Å²) in [6.45, 7) is 0. The second-order valence-corrected chi connectivity index (χ2v) is 5.03. The van der Waals surface area contributed by atoms with Gasteiger partial charge < -0.3 is 22.5 Å². The van der Waals surface area contributed by atoms with Crippen molar-refractivity contribution in [3.8, 4) is 0 Å². The van der Waals surface area contributed by atoms with Gasteiger partial charge in [0.15, 0.2) is 5.52 Å². The molecule has 0 N–H and O–H groups in total. The molecule has 1 aromatic carbocycles. The fourth-order valence-corrected chi connectivity index (χ4v) is 1.92. The van der Waals surface area contributed by atoms with Crippen molar-refractivity contribution < 1.29 is 26.5 Å². The maximum atomic E-state index is 12.2. The Bertz CT molecular complexity index is 667. The summed E-state index contributed by atoms with van der Waals surface area (Å²) in [7, 11) is 0.769. The molecule has 0 bridgehead atoms. The van der Waals surface area contributed by atoms with Gasteiger partial charge in [-0.25, -0.2) is 4.58 Å². The molecule has 0 aliphatic heterocycles. The van der Waals surface area contributed by atoms with Crippen molar-refractivity contribution in [2.45, 2.75) is 0 Å². The van der Waals surface area contributed by atoms with Crippen LogP contribution in [0.25, 0.3) is 11.0 Å². The van der Waals surface area contributed by atoms with E-state index in [9.17, 15) is 22.5 Å². The Kier molecular flexibility index (Phi) is 5.25. The Morgan fingerprint density at radius 3 is 2.14 bits per heavy atom. The number of fused-ring (bicyclic) bond motifs is 1.